The van der Waals surface area contributed by atoms with Crippen LogP contribution in [0.5, 0.6) is 0 Å². The molecule has 0 spiro atoms. The highest BCUT2D eigenvalue weighted by Crippen LogP contribution is 2.23. The van der Waals surface area contributed by atoms with Crippen molar-refractivity contribution in [1.82, 2.24) is 9.62 Å². The van der Waals surface area contributed by atoms with Gasteiger partial charge in [0.15, 0.2) is 0 Å². The molecule has 0 radical (unpaired) electrons. The molecule has 0 amide bonds. The minimum absolute atomic E-state index is 0.366. The molecule has 1 heterocycles. The maximum Gasteiger partial charge on any atom is 0.241 e. The number of sulfonamides is 1. The van der Waals surface area contributed by atoms with Crippen LogP contribution in [-0.2, 0) is 10.0 Å². The van der Waals surface area contributed by atoms with Crippen molar-refractivity contribution in [1.29, 1.82) is 0 Å². The van der Waals surface area contributed by atoms with Crippen LogP contribution in [0.4, 0.5) is 0 Å². The number of nitrogens with one attached hydrogen (secondary N) is 1. The van der Waals surface area contributed by atoms with Crippen LogP contribution in [0.15, 0.2) is 47.4 Å². The molecule has 22 heavy (non-hydrogen) atoms. The van der Waals surface area contributed by atoms with Crippen molar-refractivity contribution < 1.29 is 8.42 Å². The van der Waals surface area contributed by atoms with E-state index in [2.05, 4.69) is 16.7 Å². The Morgan fingerprint density at radius 2 is 1.95 bits per heavy atom. The average molecular weight is 318 g/mol. The van der Waals surface area contributed by atoms with Crippen molar-refractivity contribution in [2.45, 2.75) is 30.2 Å². The lowest BCUT2D eigenvalue weighted by Crippen LogP contribution is -2.31. The third-order valence-corrected chi connectivity index (χ3v) is 6.00. The predicted molar refractivity (Wildman–Crippen MR) is 89.4 cm³/mol. The van der Waals surface area contributed by atoms with Gasteiger partial charge in [-0.25, -0.2) is 13.1 Å². The molecule has 0 aromatic heterocycles. The van der Waals surface area contributed by atoms with Gasteiger partial charge in [-0.05, 0) is 44.3 Å². The lowest BCUT2D eigenvalue weighted by atomic mass is 10.1. The zero-order valence-corrected chi connectivity index (χ0v) is 13.6. The van der Waals surface area contributed by atoms with Crippen molar-refractivity contribution >= 4 is 20.8 Å². The van der Waals surface area contributed by atoms with Crippen LogP contribution in [0.2, 0.25) is 0 Å². The van der Waals surface area contributed by atoms with E-state index in [1.807, 2.05) is 30.3 Å². The maximum atomic E-state index is 12.6. The number of nitrogens with zero attached hydrogens (tertiary/aromatic N) is 1. The Labute approximate surface area is 132 Å². The molecule has 0 aliphatic carbocycles. The second-order valence-corrected chi connectivity index (χ2v) is 7.68. The summed E-state index contributed by atoms with van der Waals surface area (Å²) in [6.45, 7) is 1.60. The first-order chi connectivity index (χ1) is 10.6. The van der Waals surface area contributed by atoms with Crippen molar-refractivity contribution in [2.24, 2.45) is 0 Å². The Bertz CT molecular complexity index is 753. The van der Waals surface area contributed by atoms with Crippen LogP contribution in [0.1, 0.15) is 19.3 Å². The monoisotopic (exact) mass is 318 g/mol. The molecular formula is C17H22N2O2S. The second kappa shape index (κ2) is 6.36. The SMILES string of the molecule is CN1CCCC1CCNS(=O)(=O)c1cccc2ccccc12. The molecule has 1 atom stereocenters. The maximum absolute atomic E-state index is 12.6. The first-order valence-corrected chi connectivity index (χ1v) is 9.24. The van der Waals surface area contributed by atoms with Crippen molar-refractivity contribution in [3.63, 3.8) is 0 Å². The molecule has 1 aliphatic heterocycles. The minimum atomic E-state index is -3.46. The van der Waals surface area contributed by atoms with E-state index in [4.69, 9.17) is 0 Å². The number of likely N-dealkylation sites (tertiary alicyclic amines) is 1. The molecule has 4 nitrogen and oxygen atoms in total. The molecule has 1 saturated heterocycles. The first-order valence-electron chi connectivity index (χ1n) is 7.75. The predicted octanol–water partition coefficient (Wildman–Crippen LogP) is 2.60. The first kappa shape index (κ1) is 15.5. The molecule has 3 rings (SSSR count). The van der Waals surface area contributed by atoms with Crippen molar-refractivity contribution in [2.75, 3.05) is 20.1 Å². The summed E-state index contributed by atoms with van der Waals surface area (Å²) in [7, 11) is -1.36. The van der Waals surface area contributed by atoms with E-state index in [1.165, 1.54) is 6.42 Å². The zero-order chi connectivity index (χ0) is 15.6. The summed E-state index contributed by atoms with van der Waals surface area (Å²) in [5.74, 6) is 0. The Balaban J connectivity index is 1.74. The van der Waals surface area contributed by atoms with Gasteiger partial charge in [-0.2, -0.15) is 0 Å². The Morgan fingerprint density at radius 1 is 1.18 bits per heavy atom. The van der Waals surface area contributed by atoms with E-state index in [1.54, 1.807) is 12.1 Å². The van der Waals surface area contributed by atoms with Crippen molar-refractivity contribution in [3.8, 4) is 0 Å². The van der Waals surface area contributed by atoms with Crippen LogP contribution in [0, 0.1) is 0 Å². The Hall–Kier alpha value is -1.43. The van der Waals surface area contributed by atoms with Crippen LogP contribution in [0.3, 0.4) is 0 Å². The Kier molecular flexibility index (Phi) is 4.47. The third kappa shape index (κ3) is 3.16. The van der Waals surface area contributed by atoms with Crippen molar-refractivity contribution in [3.05, 3.63) is 42.5 Å². The average Bonchev–Trinajstić information content (AvgIpc) is 2.92. The molecule has 0 bridgehead atoms. The van der Waals surface area contributed by atoms with Crippen LogP contribution in [0.25, 0.3) is 10.8 Å². The van der Waals surface area contributed by atoms with Gasteiger partial charge in [0, 0.05) is 18.0 Å². The number of hydrogen-bond acceptors (Lipinski definition) is 3. The third-order valence-electron chi connectivity index (χ3n) is 4.48. The van der Waals surface area contributed by atoms with Gasteiger partial charge in [0.25, 0.3) is 0 Å². The molecule has 2 aromatic rings. The molecule has 1 unspecified atom stereocenters. The summed E-state index contributed by atoms with van der Waals surface area (Å²) >= 11 is 0. The van der Waals surface area contributed by atoms with Crippen LogP contribution >= 0.6 is 0 Å². The summed E-state index contributed by atoms with van der Waals surface area (Å²) in [5.41, 5.74) is 0. The zero-order valence-electron chi connectivity index (χ0n) is 12.8. The fourth-order valence-electron chi connectivity index (χ4n) is 3.21. The van der Waals surface area contributed by atoms with Gasteiger partial charge < -0.3 is 4.90 Å². The molecule has 5 heteroatoms. The van der Waals surface area contributed by atoms with Crippen LogP contribution in [-0.4, -0.2) is 39.5 Å². The fourth-order valence-corrected chi connectivity index (χ4v) is 4.49. The van der Waals surface area contributed by atoms with E-state index in [9.17, 15) is 8.42 Å². The number of benzene rings is 2. The topological polar surface area (TPSA) is 49.4 Å². The standard InChI is InChI=1S/C17H22N2O2S/c1-19-13-5-8-15(19)11-12-18-22(20,21)17-10-4-7-14-6-2-3-9-16(14)17/h2-4,6-7,9-10,15,18H,5,8,11-13H2,1H3. The lowest BCUT2D eigenvalue weighted by Gasteiger charge is -2.19. The highest BCUT2D eigenvalue weighted by atomic mass is 32.2. The summed E-state index contributed by atoms with van der Waals surface area (Å²) in [5, 5.41) is 1.72. The second-order valence-electron chi connectivity index (χ2n) is 5.94. The van der Waals surface area contributed by atoms with E-state index >= 15 is 0 Å². The number of rotatable bonds is 5. The summed E-state index contributed by atoms with van der Waals surface area (Å²) in [6, 6.07) is 13.5. The van der Waals surface area contributed by atoms with E-state index in [0.29, 0.717) is 17.5 Å². The summed E-state index contributed by atoms with van der Waals surface area (Å²) in [6.07, 6.45) is 3.23. The van der Waals surface area contributed by atoms with Gasteiger partial charge >= 0.3 is 0 Å². The van der Waals surface area contributed by atoms with Gasteiger partial charge in [0.1, 0.15) is 0 Å². The highest BCUT2D eigenvalue weighted by Gasteiger charge is 2.22. The molecule has 2 aromatic carbocycles. The molecule has 1 N–H and O–H groups in total. The van der Waals surface area contributed by atoms with Gasteiger partial charge in [0.2, 0.25) is 10.0 Å². The highest BCUT2D eigenvalue weighted by molar-refractivity contribution is 7.89. The molecule has 0 saturated carbocycles. The quantitative estimate of drug-likeness (QED) is 0.922. The summed E-state index contributed by atoms with van der Waals surface area (Å²) < 4.78 is 27.9. The normalized spacial score (nSPS) is 19.8. The number of hydrogen-bond donors (Lipinski definition) is 1. The molecule has 1 aliphatic rings. The fraction of sp³-hybridized carbons (Fsp3) is 0.412. The van der Waals surface area contributed by atoms with Gasteiger partial charge in [-0.1, -0.05) is 36.4 Å². The van der Waals surface area contributed by atoms with E-state index in [0.717, 1.165) is 30.2 Å². The molecular weight excluding hydrogens is 296 g/mol. The van der Waals surface area contributed by atoms with Crippen LogP contribution < -0.4 is 4.72 Å². The van der Waals surface area contributed by atoms with E-state index in [-0.39, 0.29) is 0 Å². The molecule has 118 valence electrons. The van der Waals surface area contributed by atoms with Gasteiger partial charge in [-0.15, -0.1) is 0 Å². The smallest absolute Gasteiger partial charge is 0.241 e. The lowest BCUT2D eigenvalue weighted by molar-refractivity contribution is 0.297. The number of fused-ring (bicyclic) bond motifs is 1. The summed E-state index contributed by atoms with van der Waals surface area (Å²) in [4.78, 5) is 2.68. The Morgan fingerprint density at radius 3 is 2.73 bits per heavy atom. The van der Waals surface area contributed by atoms with E-state index < -0.39 is 10.0 Å². The van der Waals surface area contributed by atoms with Gasteiger partial charge in [0.05, 0.1) is 4.90 Å². The minimum Gasteiger partial charge on any atom is -0.303 e. The molecule has 1 fully saturated rings. The largest absolute Gasteiger partial charge is 0.303 e. The van der Waals surface area contributed by atoms with Gasteiger partial charge in [-0.3, -0.25) is 0 Å².